The van der Waals surface area contributed by atoms with E-state index in [-0.39, 0.29) is 0 Å². The molecule has 0 aliphatic carbocycles. The molecule has 0 aliphatic heterocycles. The molecule has 1 amide bonds. The monoisotopic (exact) mass is 237 g/mol. The van der Waals surface area contributed by atoms with Crippen molar-refractivity contribution in [2.24, 2.45) is 4.36 Å². The van der Waals surface area contributed by atoms with Gasteiger partial charge in [-0.15, -0.1) is 0 Å². The van der Waals surface area contributed by atoms with Crippen molar-refractivity contribution in [1.82, 2.24) is 0 Å². The van der Waals surface area contributed by atoms with Crippen LogP contribution in [0.1, 0.15) is 27.7 Å². The molecule has 15 heavy (non-hydrogen) atoms. The lowest BCUT2D eigenvalue weighted by Gasteiger charge is -2.17. The van der Waals surface area contributed by atoms with Crippen LogP contribution in [0.15, 0.2) is 4.36 Å². The fraction of sp³-hybridized carbons (Fsp3) is 0.750. The van der Waals surface area contributed by atoms with E-state index in [4.69, 9.17) is 4.74 Å². The first-order valence-corrected chi connectivity index (χ1v) is 6.02. The number of amides is 1. The van der Waals surface area contributed by atoms with Crippen LogP contribution in [0.2, 0.25) is 0 Å². The summed E-state index contributed by atoms with van der Waals surface area (Å²) in [6.45, 7) is 6.00. The van der Waals surface area contributed by atoms with Crippen molar-refractivity contribution in [2.45, 2.75) is 33.3 Å². The number of hydrogen-bond acceptors (Lipinski definition) is 5. The van der Waals surface area contributed by atoms with Crippen molar-refractivity contribution < 1.29 is 22.7 Å². The maximum Gasteiger partial charge on any atom is 0.444 e. The van der Waals surface area contributed by atoms with Crippen LogP contribution >= 0.6 is 0 Å². The SMILES string of the molecule is CC(=O)OS(C)(=O)=NC(=O)OC(C)(C)C. The van der Waals surface area contributed by atoms with Crippen LogP contribution in [0.4, 0.5) is 4.79 Å². The molecule has 0 aliphatic rings. The minimum atomic E-state index is -3.30. The van der Waals surface area contributed by atoms with Crippen molar-refractivity contribution in [1.29, 1.82) is 0 Å². The molecule has 7 heteroatoms. The lowest BCUT2D eigenvalue weighted by molar-refractivity contribution is -0.131. The fourth-order valence-electron chi connectivity index (χ4n) is 0.652. The third-order valence-electron chi connectivity index (χ3n) is 0.906. The maximum absolute atomic E-state index is 11.4. The average Bonchev–Trinajstić information content (AvgIpc) is 1.73. The molecule has 0 saturated carbocycles. The predicted molar refractivity (Wildman–Crippen MR) is 54.5 cm³/mol. The third-order valence-corrected chi connectivity index (χ3v) is 1.93. The van der Waals surface area contributed by atoms with Crippen molar-refractivity contribution in [3.05, 3.63) is 0 Å². The van der Waals surface area contributed by atoms with Crippen molar-refractivity contribution in [3.8, 4) is 0 Å². The number of nitrogens with zero attached hydrogens (tertiary/aromatic N) is 1. The van der Waals surface area contributed by atoms with Gasteiger partial charge in [0, 0.05) is 6.92 Å². The molecular formula is C8H15NO5S. The maximum atomic E-state index is 11.4. The van der Waals surface area contributed by atoms with E-state index in [9.17, 15) is 13.8 Å². The summed E-state index contributed by atoms with van der Waals surface area (Å²) in [5, 5.41) is 0. The summed E-state index contributed by atoms with van der Waals surface area (Å²) >= 11 is 0. The van der Waals surface area contributed by atoms with Gasteiger partial charge in [0.15, 0.2) is 0 Å². The van der Waals surface area contributed by atoms with Crippen LogP contribution < -0.4 is 0 Å². The Balaban J connectivity index is 4.69. The fourth-order valence-corrected chi connectivity index (χ4v) is 1.43. The highest BCUT2D eigenvalue weighted by molar-refractivity contribution is 7.89. The summed E-state index contributed by atoms with van der Waals surface area (Å²) in [5.74, 6) is -0.769. The second kappa shape index (κ2) is 4.61. The second-order valence-electron chi connectivity index (χ2n) is 3.88. The largest absolute Gasteiger partial charge is 0.444 e. The van der Waals surface area contributed by atoms with Crippen LogP contribution in [-0.2, 0) is 23.7 Å². The van der Waals surface area contributed by atoms with E-state index in [0.29, 0.717) is 0 Å². The average molecular weight is 237 g/mol. The standard InChI is InChI=1S/C8H15NO5S/c1-6(10)14-15(5,12)9-7(11)13-8(2,3)4/h1-5H3. The molecule has 0 bridgehead atoms. The van der Waals surface area contributed by atoms with Crippen LogP contribution in [0.25, 0.3) is 0 Å². The number of hydrogen-bond donors (Lipinski definition) is 0. The third kappa shape index (κ3) is 7.92. The number of rotatable bonds is 1. The molecule has 6 nitrogen and oxygen atoms in total. The molecule has 1 unspecified atom stereocenters. The van der Waals surface area contributed by atoms with Gasteiger partial charge >= 0.3 is 12.1 Å². The van der Waals surface area contributed by atoms with Gasteiger partial charge in [-0.25, -0.2) is 9.00 Å². The quantitative estimate of drug-likeness (QED) is 0.690. The highest BCUT2D eigenvalue weighted by Gasteiger charge is 2.18. The summed E-state index contributed by atoms with van der Waals surface area (Å²) in [4.78, 5) is 21.6. The van der Waals surface area contributed by atoms with Gasteiger partial charge in [0.1, 0.15) is 5.60 Å². The summed E-state index contributed by atoms with van der Waals surface area (Å²) in [5.41, 5.74) is -0.730. The van der Waals surface area contributed by atoms with Crippen molar-refractivity contribution >= 4 is 22.1 Å². The molecule has 0 spiro atoms. The van der Waals surface area contributed by atoms with Crippen LogP contribution in [0.3, 0.4) is 0 Å². The molecule has 0 aromatic rings. The van der Waals surface area contributed by atoms with Crippen molar-refractivity contribution in [2.75, 3.05) is 6.26 Å². The molecule has 0 aromatic heterocycles. The van der Waals surface area contributed by atoms with Gasteiger partial charge in [0.25, 0.3) is 0 Å². The molecule has 0 heterocycles. The molecular weight excluding hydrogens is 222 g/mol. The first-order chi connectivity index (χ1) is 6.52. The van der Waals surface area contributed by atoms with E-state index in [0.717, 1.165) is 13.2 Å². The van der Waals surface area contributed by atoms with Crippen LogP contribution in [0, 0.1) is 0 Å². The van der Waals surface area contributed by atoms with E-state index < -0.39 is 27.7 Å². The Hall–Kier alpha value is -1.11. The van der Waals surface area contributed by atoms with Gasteiger partial charge in [-0.1, -0.05) is 4.36 Å². The molecule has 0 radical (unpaired) electrons. The first-order valence-electron chi connectivity index (χ1n) is 4.17. The Labute approximate surface area is 89.3 Å². The minimum Gasteiger partial charge on any atom is -0.442 e. The highest BCUT2D eigenvalue weighted by atomic mass is 32.2. The zero-order chi connectivity index (χ0) is 12.3. The smallest absolute Gasteiger partial charge is 0.442 e. The first kappa shape index (κ1) is 13.9. The van der Waals surface area contributed by atoms with E-state index in [2.05, 4.69) is 8.55 Å². The summed E-state index contributed by atoms with van der Waals surface area (Å²) in [7, 11) is -3.30. The lowest BCUT2D eigenvalue weighted by Crippen LogP contribution is -2.23. The van der Waals surface area contributed by atoms with Gasteiger partial charge in [0.05, 0.1) is 6.26 Å². The van der Waals surface area contributed by atoms with Gasteiger partial charge < -0.3 is 8.92 Å². The summed E-state index contributed by atoms with van der Waals surface area (Å²) in [6, 6.07) is 0. The zero-order valence-electron chi connectivity index (χ0n) is 9.40. The normalized spacial score (nSPS) is 15.0. The Morgan fingerprint density at radius 1 is 1.27 bits per heavy atom. The Kier molecular flexibility index (Phi) is 4.27. The number of carbonyl (C=O) groups is 2. The Bertz CT molecular complexity index is 373. The molecule has 0 aromatic carbocycles. The Morgan fingerprint density at radius 2 is 1.73 bits per heavy atom. The summed E-state index contributed by atoms with van der Waals surface area (Å²) in [6.07, 6.45) is 0.0226. The van der Waals surface area contributed by atoms with Crippen molar-refractivity contribution in [3.63, 3.8) is 0 Å². The second-order valence-corrected chi connectivity index (χ2v) is 5.69. The van der Waals surface area contributed by atoms with E-state index >= 15 is 0 Å². The summed E-state index contributed by atoms with van der Waals surface area (Å²) < 4.78 is 23.7. The van der Waals surface area contributed by atoms with E-state index in [1.54, 1.807) is 20.8 Å². The lowest BCUT2D eigenvalue weighted by atomic mass is 10.2. The number of carbonyl (C=O) groups excluding carboxylic acids is 2. The molecule has 88 valence electrons. The topological polar surface area (TPSA) is 82.0 Å². The molecule has 0 saturated heterocycles. The predicted octanol–water partition coefficient (Wildman–Crippen LogP) is 1.50. The molecule has 1 atom stereocenters. The minimum absolute atomic E-state index is 0.730. The van der Waals surface area contributed by atoms with Gasteiger partial charge in [-0.05, 0) is 20.8 Å². The zero-order valence-corrected chi connectivity index (χ0v) is 10.2. The van der Waals surface area contributed by atoms with E-state index in [1.165, 1.54) is 0 Å². The highest BCUT2D eigenvalue weighted by Crippen LogP contribution is 2.09. The molecule has 0 N–H and O–H groups in total. The molecule has 0 rings (SSSR count). The Morgan fingerprint density at radius 3 is 2.07 bits per heavy atom. The molecule has 0 fully saturated rings. The van der Waals surface area contributed by atoms with Gasteiger partial charge in [0.2, 0.25) is 10.0 Å². The van der Waals surface area contributed by atoms with Crippen LogP contribution in [-0.4, -0.2) is 28.1 Å². The number of ether oxygens (including phenoxy) is 1. The van der Waals surface area contributed by atoms with Crippen LogP contribution in [0.5, 0.6) is 0 Å². The van der Waals surface area contributed by atoms with E-state index in [1.807, 2.05) is 0 Å². The van der Waals surface area contributed by atoms with Gasteiger partial charge in [-0.2, -0.15) is 0 Å². The van der Waals surface area contributed by atoms with Gasteiger partial charge in [-0.3, -0.25) is 4.79 Å².